The summed E-state index contributed by atoms with van der Waals surface area (Å²) in [5, 5.41) is 2.77. The van der Waals surface area contributed by atoms with Gasteiger partial charge in [-0.2, -0.15) is 11.8 Å². The number of thioether (sulfide) groups is 1. The van der Waals surface area contributed by atoms with Crippen molar-refractivity contribution in [3.8, 4) is 0 Å². The largest absolute Gasteiger partial charge is 0.444 e. The second-order valence-electron chi connectivity index (χ2n) is 8.51. The Labute approximate surface area is 187 Å². The number of alkyl carbamates (subject to hydrolysis) is 1. The number of aromatic nitrogens is 2. The van der Waals surface area contributed by atoms with E-state index in [-0.39, 0.29) is 5.91 Å². The molecule has 0 aliphatic carbocycles. The highest BCUT2D eigenvalue weighted by Crippen LogP contribution is 2.18. The minimum Gasteiger partial charge on any atom is -0.444 e. The summed E-state index contributed by atoms with van der Waals surface area (Å²) in [5.74, 6) is 1.53. The Morgan fingerprint density at radius 3 is 2.48 bits per heavy atom. The molecule has 1 aliphatic heterocycles. The summed E-state index contributed by atoms with van der Waals surface area (Å²) in [7, 11) is 0. The van der Waals surface area contributed by atoms with Crippen LogP contribution in [0.15, 0.2) is 30.5 Å². The van der Waals surface area contributed by atoms with Crippen LogP contribution in [-0.2, 0) is 9.53 Å². The van der Waals surface area contributed by atoms with Crippen molar-refractivity contribution in [3.05, 3.63) is 30.5 Å². The maximum Gasteiger partial charge on any atom is 0.408 e. The molecule has 9 heteroatoms. The smallest absolute Gasteiger partial charge is 0.408 e. The summed E-state index contributed by atoms with van der Waals surface area (Å²) in [6.45, 7) is 7.89. The molecule has 3 rings (SSSR count). The number of rotatable bonds is 6. The predicted octanol–water partition coefficient (Wildman–Crippen LogP) is 2.92. The van der Waals surface area contributed by atoms with Crippen molar-refractivity contribution in [2.45, 2.75) is 38.8 Å². The van der Waals surface area contributed by atoms with Crippen LogP contribution in [0.4, 0.5) is 10.6 Å². The van der Waals surface area contributed by atoms with Gasteiger partial charge in [-0.25, -0.2) is 9.78 Å². The van der Waals surface area contributed by atoms with Crippen molar-refractivity contribution >= 4 is 40.6 Å². The lowest BCUT2D eigenvalue weighted by Gasteiger charge is -2.37. The van der Waals surface area contributed by atoms with E-state index in [9.17, 15) is 9.59 Å². The lowest BCUT2D eigenvalue weighted by atomic mass is 10.1. The molecule has 0 spiro atoms. The first-order valence-electron chi connectivity index (χ1n) is 10.5. The molecule has 8 nitrogen and oxygen atoms in total. The van der Waals surface area contributed by atoms with Gasteiger partial charge in [0.15, 0.2) is 0 Å². The van der Waals surface area contributed by atoms with E-state index in [2.05, 4.69) is 15.2 Å². The minimum absolute atomic E-state index is 0.0656. The number of hydrogen-bond donors (Lipinski definition) is 1. The summed E-state index contributed by atoms with van der Waals surface area (Å²) < 4.78 is 5.34. The lowest BCUT2D eigenvalue weighted by molar-refractivity contribution is -0.133. The van der Waals surface area contributed by atoms with E-state index in [1.807, 2.05) is 35.4 Å². The van der Waals surface area contributed by atoms with Gasteiger partial charge in [-0.05, 0) is 51.3 Å². The molecule has 168 valence electrons. The van der Waals surface area contributed by atoms with Gasteiger partial charge in [0.1, 0.15) is 17.5 Å². The monoisotopic (exact) mass is 445 g/mol. The van der Waals surface area contributed by atoms with Crippen molar-refractivity contribution in [2.75, 3.05) is 43.1 Å². The van der Waals surface area contributed by atoms with E-state index in [4.69, 9.17) is 9.72 Å². The van der Waals surface area contributed by atoms with Gasteiger partial charge in [0.2, 0.25) is 5.91 Å². The number of hydrogen-bond acceptors (Lipinski definition) is 7. The Balaban J connectivity index is 1.61. The molecule has 1 unspecified atom stereocenters. The van der Waals surface area contributed by atoms with Gasteiger partial charge in [0, 0.05) is 26.2 Å². The molecule has 1 fully saturated rings. The number of piperazine rings is 1. The number of nitrogens with zero attached hydrogens (tertiary/aromatic N) is 4. The van der Waals surface area contributed by atoms with Gasteiger partial charge < -0.3 is 19.9 Å². The van der Waals surface area contributed by atoms with Gasteiger partial charge in [-0.3, -0.25) is 9.78 Å². The molecule has 2 aromatic rings. The van der Waals surface area contributed by atoms with Crippen molar-refractivity contribution in [1.82, 2.24) is 20.2 Å². The fraction of sp³-hybridized carbons (Fsp3) is 0.545. The second kappa shape index (κ2) is 10.2. The molecule has 1 aromatic heterocycles. The van der Waals surface area contributed by atoms with E-state index in [1.54, 1.807) is 38.7 Å². The van der Waals surface area contributed by atoms with E-state index in [0.717, 1.165) is 22.6 Å². The van der Waals surface area contributed by atoms with Crippen LogP contribution in [-0.4, -0.2) is 76.7 Å². The van der Waals surface area contributed by atoms with E-state index >= 15 is 0 Å². The molecule has 2 heterocycles. The third-order valence-corrected chi connectivity index (χ3v) is 5.59. The third-order valence-electron chi connectivity index (χ3n) is 4.95. The Morgan fingerprint density at radius 1 is 1.16 bits per heavy atom. The van der Waals surface area contributed by atoms with Crippen LogP contribution in [0, 0.1) is 0 Å². The Kier molecular flexibility index (Phi) is 7.59. The highest BCUT2D eigenvalue weighted by Gasteiger charge is 2.30. The zero-order valence-corrected chi connectivity index (χ0v) is 19.4. The van der Waals surface area contributed by atoms with Crippen LogP contribution in [0.25, 0.3) is 11.0 Å². The van der Waals surface area contributed by atoms with Crippen LogP contribution >= 0.6 is 11.8 Å². The molecule has 0 saturated carbocycles. The lowest BCUT2D eigenvalue weighted by Crippen LogP contribution is -2.55. The van der Waals surface area contributed by atoms with Crippen LogP contribution in [0.2, 0.25) is 0 Å². The van der Waals surface area contributed by atoms with E-state index < -0.39 is 17.7 Å². The zero-order valence-electron chi connectivity index (χ0n) is 18.6. The summed E-state index contributed by atoms with van der Waals surface area (Å²) in [6, 6.07) is 7.19. The average molecular weight is 446 g/mol. The van der Waals surface area contributed by atoms with Crippen LogP contribution in [0.5, 0.6) is 0 Å². The Bertz CT molecular complexity index is 909. The summed E-state index contributed by atoms with van der Waals surface area (Å²) in [4.78, 5) is 38.5. The molecule has 0 radical (unpaired) electrons. The van der Waals surface area contributed by atoms with Crippen molar-refractivity contribution in [2.24, 2.45) is 0 Å². The highest BCUT2D eigenvalue weighted by atomic mass is 32.2. The first kappa shape index (κ1) is 23.1. The van der Waals surface area contributed by atoms with Gasteiger partial charge in [-0.1, -0.05) is 12.1 Å². The summed E-state index contributed by atoms with van der Waals surface area (Å²) in [5.41, 5.74) is 1.12. The van der Waals surface area contributed by atoms with Crippen molar-refractivity contribution in [3.63, 3.8) is 0 Å². The zero-order chi connectivity index (χ0) is 22.4. The SMILES string of the molecule is CSCCC(NC(=O)OC(C)(C)C)C(=O)N1CCN(c2cnc3ccccc3n2)CC1. The van der Waals surface area contributed by atoms with Gasteiger partial charge in [0.05, 0.1) is 17.2 Å². The maximum absolute atomic E-state index is 13.1. The number of anilines is 1. The molecular formula is C22H31N5O3S. The van der Waals surface area contributed by atoms with Crippen molar-refractivity contribution < 1.29 is 14.3 Å². The standard InChI is InChI=1S/C22H31N5O3S/c1-22(2,3)30-21(29)25-18(9-14-31-4)20(28)27-12-10-26(11-13-27)19-15-23-16-7-5-6-8-17(16)24-19/h5-8,15,18H,9-14H2,1-4H3,(H,25,29). The number of carbonyl (C=O) groups excluding carboxylic acids is 2. The third kappa shape index (κ3) is 6.46. The second-order valence-corrected chi connectivity index (χ2v) is 9.50. The minimum atomic E-state index is -0.607. The van der Waals surface area contributed by atoms with Crippen molar-refractivity contribution in [1.29, 1.82) is 0 Å². The molecule has 1 saturated heterocycles. The number of carbonyl (C=O) groups is 2. The number of ether oxygens (including phenoxy) is 1. The molecule has 2 amide bonds. The molecule has 0 bridgehead atoms. The normalized spacial score (nSPS) is 15.6. The Hall–Kier alpha value is -2.55. The van der Waals surface area contributed by atoms with Crippen LogP contribution in [0.1, 0.15) is 27.2 Å². The summed E-state index contributed by atoms with van der Waals surface area (Å²) in [6.07, 6.45) is 3.77. The van der Waals surface area contributed by atoms with Crippen LogP contribution < -0.4 is 10.2 Å². The molecule has 31 heavy (non-hydrogen) atoms. The molecule has 1 atom stereocenters. The predicted molar refractivity (Wildman–Crippen MR) is 124 cm³/mol. The number of para-hydroxylation sites is 2. The maximum atomic E-state index is 13.1. The molecule has 1 aliphatic rings. The van der Waals surface area contributed by atoms with E-state index in [1.165, 1.54) is 0 Å². The first-order chi connectivity index (χ1) is 14.8. The number of benzene rings is 1. The van der Waals surface area contributed by atoms with Gasteiger partial charge >= 0.3 is 6.09 Å². The fourth-order valence-corrected chi connectivity index (χ4v) is 3.89. The van der Waals surface area contributed by atoms with Gasteiger partial charge in [0.25, 0.3) is 0 Å². The van der Waals surface area contributed by atoms with Gasteiger partial charge in [-0.15, -0.1) is 0 Å². The quantitative estimate of drug-likeness (QED) is 0.731. The average Bonchev–Trinajstić information content (AvgIpc) is 2.74. The topological polar surface area (TPSA) is 87.7 Å². The number of nitrogens with one attached hydrogen (secondary N) is 1. The van der Waals surface area contributed by atoms with E-state index in [0.29, 0.717) is 32.6 Å². The summed E-state index contributed by atoms with van der Waals surface area (Å²) >= 11 is 1.65. The number of fused-ring (bicyclic) bond motifs is 1. The fourth-order valence-electron chi connectivity index (χ4n) is 3.42. The molecule has 1 aromatic carbocycles. The Morgan fingerprint density at radius 2 is 1.84 bits per heavy atom. The van der Waals surface area contributed by atoms with Crippen LogP contribution in [0.3, 0.4) is 0 Å². The number of amides is 2. The molecular weight excluding hydrogens is 414 g/mol. The first-order valence-corrected chi connectivity index (χ1v) is 11.9. The molecule has 1 N–H and O–H groups in total. The highest BCUT2D eigenvalue weighted by molar-refractivity contribution is 7.98.